The average Bonchev–Trinajstić information content (AvgIpc) is 2.65. The van der Waals surface area contributed by atoms with Gasteiger partial charge in [-0.2, -0.15) is 0 Å². The molecular weight excluding hydrogens is 264 g/mol. The lowest BCUT2D eigenvalue weighted by atomic mass is 10.0. The molecule has 0 N–H and O–H groups in total. The third-order valence-electron chi connectivity index (χ3n) is 2.77. The van der Waals surface area contributed by atoms with Crippen LogP contribution in [0.1, 0.15) is 12.5 Å². The summed E-state index contributed by atoms with van der Waals surface area (Å²) in [5, 5.41) is 0.0252. The van der Waals surface area contributed by atoms with Gasteiger partial charge in [0.15, 0.2) is 16.7 Å². The number of methoxy groups -OCH3 is 1. The van der Waals surface area contributed by atoms with E-state index in [0.717, 1.165) is 11.3 Å². The zero-order valence-electron chi connectivity index (χ0n) is 10.5. The van der Waals surface area contributed by atoms with E-state index in [1.807, 2.05) is 0 Å². The van der Waals surface area contributed by atoms with Crippen LogP contribution in [0.15, 0.2) is 30.0 Å². The van der Waals surface area contributed by atoms with Crippen molar-refractivity contribution in [2.24, 2.45) is 5.92 Å². The van der Waals surface area contributed by atoms with Gasteiger partial charge in [0.2, 0.25) is 5.78 Å². The molecule has 0 aromatic heterocycles. The summed E-state index contributed by atoms with van der Waals surface area (Å²) in [6.45, 7) is 1.33. The van der Waals surface area contributed by atoms with Gasteiger partial charge >= 0.3 is 0 Å². The minimum absolute atomic E-state index is 0.0252. The first-order valence-electron chi connectivity index (χ1n) is 5.65. The van der Waals surface area contributed by atoms with E-state index in [9.17, 15) is 9.59 Å². The topological polar surface area (TPSA) is 52.6 Å². The Morgan fingerprint density at radius 3 is 2.47 bits per heavy atom. The van der Waals surface area contributed by atoms with E-state index >= 15 is 0 Å². The molecule has 1 heterocycles. The van der Waals surface area contributed by atoms with Crippen molar-refractivity contribution < 1.29 is 19.1 Å². The Hall–Kier alpha value is -2.01. The van der Waals surface area contributed by atoms with Crippen LogP contribution in [0.2, 0.25) is 0 Å². The molecule has 1 aromatic rings. The monoisotopic (exact) mass is 276 g/mol. The van der Waals surface area contributed by atoms with E-state index in [1.165, 1.54) is 6.92 Å². The molecule has 5 heteroatoms. The molecule has 0 saturated carbocycles. The number of allylic oxidation sites excluding steroid dienone is 1. The molecule has 1 fully saturated rings. The maximum atomic E-state index is 12.0. The largest absolute Gasteiger partial charge is 0.497 e. The molecule has 0 aliphatic carbocycles. The summed E-state index contributed by atoms with van der Waals surface area (Å²) in [6, 6.07) is 7.11. The van der Waals surface area contributed by atoms with Crippen molar-refractivity contribution in [3.8, 4) is 5.75 Å². The quantitative estimate of drug-likeness (QED) is 0.481. The Balaban J connectivity index is 2.27. The molecule has 98 valence electrons. The second-order valence-electron chi connectivity index (χ2n) is 4.11. The Bertz CT molecular complexity index is 572. The van der Waals surface area contributed by atoms with Gasteiger partial charge in [-0.05, 0) is 42.9 Å². The van der Waals surface area contributed by atoms with Crippen molar-refractivity contribution in [3.05, 3.63) is 35.6 Å². The van der Waals surface area contributed by atoms with Crippen LogP contribution in [-0.4, -0.2) is 23.7 Å². The smallest absolute Gasteiger partial charge is 0.217 e. The Labute approximate surface area is 116 Å². The molecule has 0 spiro atoms. The van der Waals surface area contributed by atoms with Crippen molar-refractivity contribution in [1.29, 1.82) is 0 Å². The Kier molecular flexibility index (Phi) is 3.76. The molecule has 0 amide bonds. The predicted octanol–water partition coefficient (Wildman–Crippen LogP) is 2.17. The van der Waals surface area contributed by atoms with Crippen molar-refractivity contribution >= 4 is 34.9 Å². The fourth-order valence-corrected chi connectivity index (χ4v) is 2.13. The lowest BCUT2D eigenvalue weighted by Crippen LogP contribution is -2.21. The summed E-state index contributed by atoms with van der Waals surface area (Å²) in [7, 11) is 1.58. The highest BCUT2D eigenvalue weighted by Crippen LogP contribution is 2.25. The number of ketones is 2. The first kappa shape index (κ1) is 13.4. The molecule has 1 unspecified atom stereocenters. The summed E-state index contributed by atoms with van der Waals surface area (Å²) >= 11 is 4.90. The van der Waals surface area contributed by atoms with Crippen LogP contribution in [0.4, 0.5) is 0 Å². The van der Waals surface area contributed by atoms with Crippen molar-refractivity contribution in [2.75, 3.05) is 7.11 Å². The zero-order chi connectivity index (χ0) is 14.0. The normalized spacial score (nSPS) is 20.5. The first-order chi connectivity index (χ1) is 9.02. The van der Waals surface area contributed by atoms with Gasteiger partial charge in [-0.15, -0.1) is 0 Å². The van der Waals surface area contributed by atoms with E-state index in [1.54, 1.807) is 37.5 Å². The van der Waals surface area contributed by atoms with Crippen LogP contribution in [0.25, 0.3) is 6.08 Å². The van der Waals surface area contributed by atoms with E-state index < -0.39 is 5.92 Å². The number of rotatable bonds is 3. The number of ether oxygens (including phenoxy) is 2. The predicted molar refractivity (Wildman–Crippen MR) is 73.8 cm³/mol. The SMILES string of the molecule is COc1ccc(/C=C2/OC(=S)C(C(C)=O)C2=O)cc1. The third-order valence-corrected chi connectivity index (χ3v) is 3.09. The minimum atomic E-state index is -0.945. The second-order valence-corrected chi connectivity index (χ2v) is 4.51. The maximum absolute atomic E-state index is 12.0. The summed E-state index contributed by atoms with van der Waals surface area (Å²) in [5.41, 5.74) is 0.774. The van der Waals surface area contributed by atoms with Gasteiger partial charge in [-0.3, -0.25) is 9.59 Å². The summed E-state index contributed by atoms with van der Waals surface area (Å²) in [5.74, 6) is -0.797. The van der Waals surface area contributed by atoms with Crippen LogP contribution in [-0.2, 0) is 14.3 Å². The molecule has 0 bridgehead atoms. The minimum Gasteiger partial charge on any atom is -0.497 e. The van der Waals surface area contributed by atoms with Crippen LogP contribution in [0.3, 0.4) is 0 Å². The molecule has 1 aliphatic rings. The molecule has 1 aliphatic heterocycles. The number of Topliss-reactive ketones (excluding diaryl/α,β-unsaturated/α-hetero) is 2. The van der Waals surface area contributed by atoms with Gasteiger partial charge in [-0.1, -0.05) is 12.1 Å². The third kappa shape index (κ3) is 2.71. The van der Waals surface area contributed by atoms with Gasteiger partial charge < -0.3 is 9.47 Å². The van der Waals surface area contributed by atoms with Gasteiger partial charge in [0.05, 0.1) is 7.11 Å². The summed E-state index contributed by atoms with van der Waals surface area (Å²) in [6.07, 6.45) is 1.57. The van der Waals surface area contributed by atoms with Gasteiger partial charge in [0, 0.05) is 0 Å². The van der Waals surface area contributed by atoms with Crippen LogP contribution in [0, 0.1) is 5.92 Å². The molecule has 1 atom stereocenters. The van der Waals surface area contributed by atoms with E-state index in [4.69, 9.17) is 21.7 Å². The summed E-state index contributed by atoms with van der Waals surface area (Å²) in [4.78, 5) is 23.3. The van der Waals surface area contributed by atoms with Gasteiger partial charge in [0.1, 0.15) is 11.5 Å². The van der Waals surface area contributed by atoms with Crippen molar-refractivity contribution in [1.82, 2.24) is 0 Å². The van der Waals surface area contributed by atoms with Gasteiger partial charge in [-0.25, -0.2) is 0 Å². The van der Waals surface area contributed by atoms with E-state index in [-0.39, 0.29) is 22.4 Å². The fraction of sp³-hybridized carbons (Fsp3) is 0.214. The standard InChI is InChI=1S/C14H12O4S/c1-8(15)12-13(16)11(18-14(12)19)7-9-3-5-10(17-2)6-4-9/h3-7,12H,1-2H3/b11-7+. The molecule has 1 aromatic carbocycles. The number of carbonyl (C=O) groups excluding carboxylic acids is 2. The highest BCUT2D eigenvalue weighted by atomic mass is 32.1. The Morgan fingerprint density at radius 1 is 1.37 bits per heavy atom. The number of benzene rings is 1. The fourth-order valence-electron chi connectivity index (χ4n) is 1.77. The lowest BCUT2D eigenvalue weighted by molar-refractivity contribution is -0.126. The maximum Gasteiger partial charge on any atom is 0.217 e. The zero-order valence-corrected chi connectivity index (χ0v) is 11.3. The number of hydrogen-bond donors (Lipinski definition) is 0. The molecule has 2 rings (SSSR count). The van der Waals surface area contributed by atoms with Crippen LogP contribution < -0.4 is 4.74 Å². The highest BCUT2D eigenvalue weighted by molar-refractivity contribution is 7.80. The Morgan fingerprint density at radius 2 is 2.00 bits per heavy atom. The van der Waals surface area contributed by atoms with Crippen LogP contribution >= 0.6 is 12.2 Å². The highest BCUT2D eigenvalue weighted by Gasteiger charge is 2.39. The first-order valence-corrected chi connectivity index (χ1v) is 6.06. The van der Waals surface area contributed by atoms with Crippen LogP contribution in [0.5, 0.6) is 5.75 Å². The van der Waals surface area contributed by atoms with Crippen molar-refractivity contribution in [2.45, 2.75) is 6.92 Å². The van der Waals surface area contributed by atoms with E-state index in [0.29, 0.717) is 0 Å². The summed E-state index contributed by atoms with van der Waals surface area (Å²) < 4.78 is 10.2. The number of thiocarbonyl (C=S) groups is 1. The number of hydrogen-bond acceptors (Lipinski definition) is 5. The van der Waals surface area contributed by atoms with Crippen molar-refractivity contribution in [3.63, 3.8) is 0 Å². The average molecular weight is 276 g/mol. The lowest BCUT2D eigenvalue weighted by Gasteiger charge is -2.00. The van der Waals surface area contributed by atoms with Gasteiger partial charge in [0.25, 0.3) is 0 Å². The number of carbonyl (C=O) groups is 2. The molecular formula is C14H12O4S. The van der Waals surface area contributed by atoms with E-state index in [2.05, 4.69) is 0 Å². The molecule has 4 nitrogen and oxygen atoms in total. The molecule has 1 saturated heterocycles. The molecule has 19 heavy (non-hydrogen) atoms. The second kappa shape index (κ2) is 5.32. The molecule has 0 radical (unpaired) electrons.